The molecule has 1 atom stereocenters. The Bertz CT molecular complexity index is 1650. The number of hydrogen-bond acceptors (Lipinski definition) is 8. The van der Waals surface area contributed by atoms with Crippen molar-refractivity contribution in [2.75, 3.05) is 7.11 Å². The van der Waals surface area contributed by atoms with Crippen molar-refractivity contribution in [1.29, 1.82) is 0 Å². The number of nitrogens with zero attached hydrogens (tertiary/aromatic N) is 3. The van der Waals surface area contributed by atoms with Crippen LogP contribution in [0.25, 0.3) is 27.6 Å². The number of aliphatic hydroxyl groups is 1. The number of carbonyl (C=O) groups is 1. The van der Waals surface area contributed by atoms with Gasteiger partial charge in [-0.25, -0.2) is 9.78 Å². The fourth-order valence-corrected chi connectivity index (χ4v) is 5.11. The van der Waals surface area contributed by atoms with Gasteiger partial charge in [0.25, 0.3) is 5.79 Å². The molecule has 0 aliphatic carbocycles. The summed E-state index contributed by atoms with van der Waals surface area (Å²) < 4.78 is 19.7. The minimum atomic E-state index is -1.94. The van der Waals surface area contributed by atoms with Gasteiger partial charge in [-0.05, 0) is 66.1 Å². The molecule has 3 aromatic carbocycles. The number of nitrogens with one attached hydrogen (secondary N) is 1. The Labute approximate surface area is 204 Å². The number of ether oxygens (including phenoxy) is 2. The third kappa shape index (κ3) is 3.48. The van der Waals surface area contributed by atoms with Crippen molar-refractivity contribution in [3.05, 3.63) is 88.8 Å². The van der Waals surface area contributed by atoms with Crippen molar-refractivity contribution in [2.45, 2.75) is 19.1 Å². The number of esters is 1. The highest BCUT2D eigenvalue weighted by Crippen LogP contribution is 2.45. The standard InChI is InChI=1S/C26H20N4O4S/c1-14-9-17(5-8-23(14)33-2)26(32)18(10-15-3-6-19-21(11-15)28-13-27-19)24(25(31)34-26)16-4-7-20-22(12-16)30-35-29-20/h3-9,11-13,32H,10H2,1-2H3,(H,27,28). The van der Waals surface area contributed by atoms with Gasteiger partial charge in [0.15, 0.2) is 0 Å². The predicted octanol–water partition coefficient (Wildman–Crippen LogP) is 4.28. The first-order valence-electron chi connectivity index (χ1n) is 11.0. The van der Waals surface area contributed by atoms with Crippen LogP contribution in [0.5, 0.6) is 5.75 Å². The third-order valence-electron chi connectivity index (χ3n) is 6.35. The quantitative estimate of drug-likeness (QED) is 0.358. The number of methoxy groups -OCH3 is 1. The monoisotopic (exact) mass is 484 g/mol. The van der Waals surface area contributed by atoms with Crippen LogP contribution < -0.4 is 4.74 Å². The molecule has 9 heteroatoms. The Balaban J connectivity index is 1.55. The summed E-state index contributed by atoms with van der Waals surface area (Å²) in [6.45, 7) is 1.88. The number of cyclic esters (lactones) is 1. The lowest BCUT2D eigenvalue weighted by molar-refractivity contribution is -0.185. The number of aryl methyl sites for hydroxylation is 1. The van der Waals surface area contributed by atoms with E-state index in [1.807, 2.05) is 37.3 Å². The SMILES string of the molecule is COc1ccc(C2(O)OC(=O)C(c3ccc4nsnc4c3)=C2Cc2ccc3nc[nH]c3c2)cc1C. The number of imidazole rings is 1. The molecule has 3 heterocycles. The number of aromatic nitrogens is 4. The second-order valence-electron chi connectivity index (χ2n) is 8.47. The van der Waals surface area contributed by atoms with E-state index in [-0.39, 0.29) is 6.42 Å². The summed E-state index contributed by atoms with van der Waals surface area (Å²) in [5.74, 6) is -1.86. The van der Waals surface area contributed by atoms with Crippen LogP contribution in [0.4, 0.5) is 0 Å². The molecule has 1 unspecified atom stereocenters. The average molecular weight is 485 g/mol. The van der Waals surface area contributed by atoms with Gasteiger partial charge in [-0.3, -0.25) is 0 Å². The minimum Gasteiger partial charge on any atom is -0.496 e. The number of benzene rings is 3. The molecule has 174 valence electrons. The van der Waals surface area contributed by atoms with Gasteiger partial charge in [-0.2, -0.15) is 8.75 Å². The van der Waals surface area contributed by atoms with Crippen LogP contribution in [0.15, 0.2) is 66.5 Å². The molecule has 0 bridgehead atoms. The Morgan fingerprint density at radius 1 is 1.06 bits per heavy atom. The Morgan fingerprint density at radius 2 is 1.89 bits per heavy atom. The second-order valence-corrected chi connectivity index (χ2v) is 9.00. The normalized spacial score (nSPS) is 18.0. The predicted molar refractivity (Wildman–Crippen MR) is 132 cm³/mol. The van der Waals surface area contributed by atoms with E-state index in [0.717, 1.165) is 39.4 Å². The van der Waals surface area contributed by atoms with Crippen molar-refractivity contribution < 1.29 is 19.4 Å². The van der Waals surface area contributed by atoms with Crippen molar-refractivity contribution >= 4 is 45.3 Å². The topological polar surface area (TPSA) is 110 Å². The molecule has 1 aliphatic heterocycles. The van der Waals surface area contributed by atoms with E-state index >= 15 is 0 Å². The molecule has 2 N–H and O–H groups in total. The lowest BCUT2D eigenvalue weighted by Crippen LogP contribution is -2.30. The largest absolute Gasteiger partial charge is 0.496 e. The average Bonchev–Trinajstić information content (AvgIpc) is 3.57. The molecule has 5 aromatic rings. The minimum absolute atomic E-state index is 0.283. The molecule has 0 radical (unpaired) electrons. The van der Waals surface area contributed by atoms with E-state index in [1.165, 1.54) is 0 Å². The summed E-state index contributed by atoms with van der Waals surface area (Å²) in [4.78, 5) is 20.7. The molecule has 0 saturated heterocycles. The van der Waals surface area contributed by atoms with E-state index in [0.29, 0.717) is 33.5 Å². The van der Waals surface area contributed by atoms with Gasteiger partial charge in [0.05, 0.1) is 41.8 Å². The molecule has 8 nitrogen and oxygen atoms in total. The summed E-state index contributed by atoms with van der Waals surface area (Å²) in [7, 11) is 1.59. The maximum absolute atomic E-state index is 13.3. The summed E-state index contributed by atoms with van der Waals surface area (Å²) >= 11 is 1.11. The van der Waals surface area contributed by atoms with Crippen molar-refractivity contribution in [1.82, 2.24) is 18.7 Å². The maximum Gasteiger partial charge on any atom is 0.342 e. The summed E-state index contributed by atoms with van der Waals surface area (Å²) in [5.41, 5.74) is 6.69. The van der Waals surface area contributed by atoms with Crippen LogP contribution in [0.1, 0.15) is 22.3 Å². The van der Waals surface area contributed by atoms with Crippen LogP contribution >= 0.6 is 11.7 Å². The van der Waals surface area contributed by atoms with E-state index in [9.17, 15) is 9.90 Å². The molecule has 0 spiro atoms. The smallest absolute Gasteiger partial charge is 0.342 e. The first kappa shape index (κ1) is 21.5. The second kappa shape index (κ2) is 8.00. The number of carbonyl (C=O) groups excluding carboxylic acids is 1. The highest BCUT2D eigenvalue weighted by Gasteiger charge is 2.48. The van der Waals surface area contributed by atoms with Crippen molar-refractivity contribution in [3.63, 3.8) is 0 Å². The summed E-state index contributed by atoms with van der Waals surface area (Å²) in [5, 5.41) is 11.9. The molecule has 0 amide bonds. The fourth-order valence-electron chi connectivity index (χ4n) is 4.60. The van der Waals surface area contributed by atoms with Crippen LogP contribution in [-0.2, 0) is 21.7 Å². The Kier molecular flexibility index (Phi) is 4.91. The summed E-state index contributed by atoms with van der Waals surface area (Å²) in [6, 6.07) is 16.5. The van der Waals surface area contributed by atoms with Crippen LogP contribution in [0.3, 0.4) is 0 Å². The Hall–Kier alpha value is -4.08. The van der Waals surface area contributed by atoms with Gasteiger partial charge >= 0.3 is 5.97 Å². The van der Waals surface area contributed by atoms with E-state index < -0.39 is 11.8 Å². The fraction of sp³-hybridized carbons (Fsp3) is 0.154. The summed E-state index contributed by atoms with van der Waals surface area (Å²) in [6.07, 6.45) is 1.92. The van der Waals surface area contributed by atoms with Gasteiger partial charge in [0.1, 0.15) is 16.8 Å². The van der Waals surface area contributed by atoms with Crippen LogP contribution in [0, 0.1) is 6.92 Å². The first-order valence-corrected chi connectivity index (χ1v) is 11.7. The molecule has 6 rings (SSSR count). The van der Waals surface area contributed by atoms with Crippen LogP contribution in [-0.4, -0.2) is 36.9 Å². The molecule has 2 aromatic heterocycles. The number of hydrogen-bond donors (Lipinski definition) is 2. The van der Waals surface area contributed by atoms with Gasteiger partial charge in [0.2, 0.25) is 0 Å². The van der Waals surface area contributed by atoms with E-state index in [2.05, 4.69) is 18.7 Å². The number of aromatic amines is 1. The zero-order chi connectivity index (χ0) is 24.2. The lowest BCUT2D eigenvalue weighted by atomic mass is 9.87. The van der Waals surface area contributed by atoms with Crippen LogP contribution in [0.2, 0.25) is 0 Å². The van der Waals surface area contributed by atoms with Gasteiger partial charge in [-0.1, -0.05) is 12.1 Å². The molecule has 35 heavy (non-hydrogen) atoms. The zero-order valence-electron chi connectivity index (χ0n) is 18.9. The molecular formula is C26H20N4O4S. The Morgan fingerprint density at radius 3 is 2.71 bits per heavy atom. The van der Waals surface area contributed by atoms with Crippen molar-refractivity contribution in [2.24, 2.45) is 0 Å². The lowest BCUT2D eigenvalue weighted by Gasteiger charge is -2.26. The first-order chi connectivity index (χ1) is 17.0. The van der Waals surface area contributed by atoms with Crippen molar-refractivity contribution in [3.8, 4) is 5.75 Å². The van der Waals surface area contributed by atoms with E-state index in [4.69, 9.17) is 9.47 Å². The highest BCUT2D eigenvalue weighted by molar-refractivity contribution is 7.00. The third-order valence-corrected chi connectivity index (χ3v) is 6.91. The van der Waals surface area contributed by atoms with Gasteiger partial charge in [-0.15, -0.1) is 0 Å². The maximum atomic E-state index is 13.3. The molecular weight excluding hydrogens is 464 g/mol. The van der Waals surface area contributed by atoms with Gasteiger partial charge < -0.3 is 19.6 Å². The highest BCUT2D eigenvalue weighted by atomic mass is 32.1. The molecule has 0 saturated carbocycles. The number of rotatable bonds is 5. The zero-order valence-corrected chi connectivity index (χ0v) is 19.7. The number of H-pyrrole nitrogens is 1. The molecule has 1 aliphatic rings. The van der Waals surface area contributed by atoms with Gasteiger partial charge in [0, 0.05) is 17.6 Å². The molecule has 0 fully saturated rings. The number of fused-ring (bicyclic) bond motifs is 2. The van der Waals surface area contributed by atoms with E-state index in [1.54, 1.807) is 37.7 Å².